The molecule has 0 aromatic heterocycles. The van der Waals surface area contributed by atoms with E-state index in [0.717, 1.165) is 12.8 Å². The highest BCUT2D eigenvalue weighted by Gasteiger charge is 2.46. The maximum absolute atomic E-state index is 11.9. The summed E-state index contributed by atoms with van der Waals surface area (Å²) in [6.45, 7) is 0. The van der Waals surface area contributed by atoms with Gasteiger partial charge >= 0.3 is 0 Å². The molecule has 0 radical (unpaired) electrons. The molecule has 2 fully saturated rings. The third-order valence-corrected chi connectivity index (χ3v) is 5.38. The Balaban J connectivity index is 2.20. The second-order valence-corrected chi connectivity index (χ2v) is 6.58. The van der Waals surface area contributed by atoms with Gasteiger partial charge in [0.05, 0.1) is 10.8 Å². The predicted molar refractivity (Wildman–Crippen MR) is 59.7 cm³/mol. The Hall–Kier alpha value is -0.820. The van der Waals surface area contributed by atoms with Crippen LogP contribution in [0.4, 0.5) is 0 Å². The van der Waals surface area contributed by atoms with Gasteiger partial charge in [-0.3, -0.25) is 0 Å². The van der Waals surface area contributed by atoms with E-state index in [-0.39, 0.29) is 11.1 Å². The first kappa shape index (κ1) is 11.7. The second kappa shape index (κ2) is 3.89. The lowest BCUT2D eigenvalue weighted by Crippen LogP contribution is -2.56. The third kappa shape index (κ3) is 2.01. The Morgan fingerprint density at radius 3 is 2.38 bits per heavy atom. The maximum atomic E-state index is 11.9. The highest BCUT2D eigenvalue weighted by Crippen LogP contribution is 2.34. The Morgan fingerprint density at radius 1 is 1.38 bits per heavy atom. The summed E-state index contributed by atoms with van der Waals surface area (Å²) in [4.78, 5) is 0. The van der Waals surface area contributed by atoms with Gasteiger partial charge < -0.3 is 10.9 Å². The lowest BCUT2D eigenvalue weighted by Gasteiger charge is -2.28. The number of sulfonamides is 1. The first-order valence-electron chi connectivity index (χ1n) is 5.51. The van der Waals surface area contributed by atoms with Crippen LogP contribution in [0.1, 0.15) is 38.5 Å². The summed E-state index contributed by atoms with van der Waals surface area (Å²) in [6, 6.07) is 0. The summed E-state index contributed by atoms with van der Waals surface area (Å²) in [5.41, 5.74) is 4.76. The van der Waals surface area contributed by atoms with Gasteiger partial charge in [0.1, 0.15) is 0 Å². The molecule has 7 heteroatoms. The van der Waals surface area contributed by atoms with E-state index in [9.17, 15) is 8.42 Å². The standard InChI is InChI=1S/C9H17N3O3S/c10-8(11-13)9(5-1-2-6-9)12-16(14,15)7-3-4-7/h7,12-13H,1-6H2,(H2,10,11). The fourth-order valence-electron chi connectivity index (χ4n) is 2.22. The summed E-state index contributed by atoms with van der Waals surface area (Å²) in [5, 5.41) is 11.4. The van der Waals surface area contributed by atoms with Crippen molar-refractivity contribution >= 4 is 15.9 Å². The Bertz CT molecular complexity index is 394. The summed E-state index contributed by atoms with van der Waals surface area (Å²) < 4.78 is 26.4. The molecule has 6 nitrogen and oxygen atoms in total. The van der Waals surface area contributed by atoms with E-state index >= 15 is 0 Å². The van der Waals surface area contributed by atoms with Gasteiger partial charge in [-0.05, 0) is 25.7 Å². The van der Waals surface area contributed by atoms with Crippen molar-refractivity contribution in [2.75, 3.05) is 0 Å². The van der Waals surface area contributed by atoms with Crippen LogP contribution in [0.5, 0.6) is 0 Å². The van der Waals surface area contributed by atoms with Crippen LogP contribution in [0.3, 0.4) is 0 Å². The largest absolute Gasteiger partial charge is 0.409 e. The number of amidine groups is 1. The molecular weight excluding hydrogens is 230 g/mol. The molecule has 92 valence electrons. The Labute approximate surface area is 94.9 Å². The van der Waals surface area contributed by atoms with Gasteiger partial charge in [0.25, 0.3) is 0 Å². The molecule has 2 saturated carbocycles. The third-order valence-electron chi connectivity index (χ3n) is 3.36. The van der Waals surface area contributed by atoms with E-state index in [1.807, 2.05) is 0 Å². The SMILES string of the molecule is NC(=NO)C1(NS(=O)(=O)C2CC2)CCCC1. The van der Waals surface area contributed by atoms with Crippen LogP contribution in [-0.2, 0) is 10.0 Å². The van der Waals surface area contributed by atoms with Crippen molar-refractivity contribution in [2.45, 2.75) is 49.3 Å². The molecule has 16 heavy (non-hydrogen) atoms. The number of rotatable bonds is 4. The van der Waals surface area contributed by atoms with Crippen molar-refractivity contribution in [3.8, 4) is 0 Å². The van der Waals surface area contributed by atoms with E-state index in [1.165, 1.54) is 0 Å². The van der Waals surface area contributed by atoms with Crippen molar-refractivity contribution < 1.29 is 13.6 Å². The number of nitrogens with two attached hydrogens (primary N) is 1. The van der Waals surface area contributed by atoms with Crippen molar-refractivity contribution in [3.63, 3.8) is 0 Å². The fourth-order valence-corrected chi connectivity index (χ4v) is 4.00. The Morgan fingerprint density at radius 2 is 1.94 bits per heavy atom. The van der Waals surface area contributed by atoms with Crippen LogP contribution in [0.2, 0.25) is 0 Å². The molecule has 0 amide bonds. The van der Waals surface area contributed by atoms with Gasteiger partial charge in [-0.25, -0.2) is 13.1 Å². The number of nitrogens with zero attached hydrogens (tertiary/aromatic N) is 1. The van der Waals surface area contributed by atoms with Crippen LogP contribution in [-0.4, -0.2) is 30.2 Å². The molecule has 0 heterocycles. The molecule has 0 spiro atoms. The monoisotopic (exact) mass is 247 g/mol. The van der Waals surface area contributed by atoms with E-state index in [2.05, 4.69) is 9.88 Å². The number of oxime groups is 1. The van der Waals surface area contributed by atoms with Gasteiger partial charge in [-0.2, -0.15) is 0 Å². The number of nitrogens with one attached hydrogen (secondary N) is 1. The van der Waals surface area contributed by atoms with Gasteiger partial charge in [-0.15, -0.1) is 0 Å². The van der Waals surface area contributed by atoms with Crippen molar-refractivity contribution in [3.05, 3.63) is 0 Å². The van der Waals surface area contributed by atoms with Gasteiger partial charge in [0.15, 0.2) is 5.84 Å². The maximum Gasteiger partial charge on any atom is 0.215 e. The van der Waals surface area contributed by atoms with E-state index < -0.39 is 15.6 Å². The molecule has 2 aliphatic rings. The minimum Gasteiger partial charge on any atom is -0.409 e. The Kier molecular flexibility index (Phi) is 2.83. The molecule has 4 N–H and O–H groups in total. The highest BCUT2D eigenvalue weighted by molar-refractivity contribution is 7.90. The summed E-state index contributed by atoms with van der Waals surface area (Å²) in [5.74, 6) is -0.0192. The lowest BCUT2D eigenvalue weighted by molar-refractivity contribution is 0.309. The van der Waals surface area contributed by atoms with Gasteiger partial charge in [0, 0.05) is 0 Å². The number of hydrogen-bond acceptors (Lipinski definition) is 4. The van der Waals surface area contributed by atoms with Crippen LogP contribution in [0.15, 0.2) is 5.16 Å². The molecular formula is C9H17N3O3S. The van der Waals surface area contributed by atoms with E-state index in [0.29, 0.717) is 25.7 Å². The van der Waals surface area contributed by atoms with Crippen LogP contribution >= 0.6 is 0 Å². The zero-order chi connectivity index (χ0) is 11.8. The molecule has 0 unspecified atom stereocenters. The van der Waals surface area contributed by atoms with E-state index in [4.69, 9.17) is 10.9 Å². The van der Waals surface area contributed by atoms with Crippen LogP contribution < -0.4 is 10.5 Å². The average molecular weight is 247 g/mol. The summed E-state index contributed by atoms with van der Waals surface area (Å²) in [7, 11) is -3.31. The molecule has 0 aromatic rings. The number of hydrogen-bond donors (Lipinski definition) is 3. The van der Waals surface area contributed by atoms with Crippen LogP contribution in [0, 0.1) is 0 Å². The van der Waals surface area contributed by atoms with Gasteiger partial charge in [0.2, 0.25) is 10.0 Å². The smallest absolute Gasteiger partial charge is 0.215 e. The normalized spacial score (nSPS) is 25.9. The molecule has 0 saturated heterocycles. The zero-order valence-electron chi connectivity index (χ0n) is 9.02. The molecule has 0 aliphatic heterocycles. The van der Waals surface area contributed by atoms with Crippen LogP contribution in [0.25, 0.3) is 0 Å². The lowest BCUT2D eigenvalue weighted by atomic mass is 9.98. The molecule has 0 bridgehead atoms. The first-order chi connectivity index (χ1) is 7.50. The molecule has 2 aliphatic carbocycles. The highest BCUT2D eigenvalue weighted by atomic mass is 32.2. The fraction of sp³-hybridized carbons (Fsp3) is 0.889. The minimum absolute atomic E-state index is 0.0192. The van der Waals surface area contributed by atoms with Crippen molar-refractivity contribution in [2.24, 2.45) is 10.9 Å². The summed E-state index contributed by atoms with van der Waals surface area (Å²) >= 11 is 0. The molecule has 2 rings (SSSR count). The second-order valence-electron chi connectivity index (χ2n) is 4.62. The quantitative estimate of drug-likeness (QED) is 0.284. The topological polar surface area (TPSA) is 105 Å². The first-order valence-corrected chi connectivity index (χ1v) is 7.06. The van der Waals surface area contributed by atoms with E-state index in [1.54, 1.807) is 0 Å². The average Bonchev–Trinajstić information content (AvgIpc) is 3.00. The van der Waals surface area contributed by atoms with Crippen molar-refractivity contribution in [1.82, 2.24) is 4.72 Å². The van der Waals surface area contributed by atoms with Crippen molar-refractivity contribution in [1.29, 1.82) is 0 Å². The minimum atomic E-state index is -3.31. The zero-order valence-corrected chi connectivity index (χ0v) is 9.83. The predicted octanol–water partition coefficient (Wildman–Crippen LogP) is 0.127. The molecule has 0 atom stereocenters. The molecule has 0 aromatic carbocycles. The summed E-state index contributed by atoms with van der Waals surface area (Å²) in [6.07, 6.45) is 4.42. The van der Waals surface area contributed by atoms with Gasteiger partial charge in [-0.1, -0.05) is 18.0 Å².